The smallest absolute Gasteiger partial charge is 0.306 e. The van der Waals surface area contributed by atoms with Crippen LogP contribution in [0.1, 0.15) is 181 Å². The van der Waals surface area contributed by atoms with E-state index in [0.29, 0.717) is 13.0 Å². The predicted molar refractivity (Wildman–Crippen MR) is 279 cm³/mol. The van der Waals surface area contributed by atoms with Gasteiger partial charge >= 0.3 is 5.97 Å². The lowest BCUT2D eigenvalue weighted by molar-refractivity contribution is -0.332. The molecule has 0 radical (unpaired) electrons. The van der Waals surface area contributed by atoms with Gasteiger partial charge in [-0.15, -0.1) is 0 Å². The quantitative estimate of drug-likeness (QED) is 0.0173. The molecule has 0 aromatic carbocycles. The van der Waals surface area contributed by atoms with Crippen LogP contribution in [0.5, 0.6) is 0 Å². The highest BCUT2D eigenvalue weighted by molar-refractivity contribution is 5.69. The van der Waals surface area contributed by atoms with E-state index in [1.165, 1.54) is 64.2 Å². The summed E-state index contributed by atoms with van der Waals surface area (Å²) in [5.41, 5.74) is 0. The Balaban J connectivity index is 1.75. The second-order valence-electron chi connectivity index (χ2n) is 19.0. The van der Waals surface area contributed by atoms with Gasteiger partial charge in [0, 0.05) is 13.0 Å². The third-order valence-electron chi connectivity index (χ3n) is 12.7. The fourth-order valence-electron chi connectivity index (χ4n) is 8.25. The molecule has 0 saturated carbocycles. The first-order chi connectivity index (χ1) is 34.6. The van der Waals surface area contributed by atoms with Crippen molar-refractivity contribution in [2.24, 2.45) is 0 Å². The van der Waals surface area contributed by atoms with Crippen LogP contribution in [0.2, 0.25) is 0 Å². The highest BCUT2D eigenvalue weighted by Crippen LogP contribution is 2.26. The minimum absolute atomic E-state index is 0.0475. The average Bonchev–Trinajstić information content (AvgIpc) is 3.37. The lowest BCUT2D eigenvalue weighted by Gasteiger charge is -2.42. The maximum atomic E-state index is 13.1. The highest BCUT2D eigenvalue weighted by Gasteiger charge is 2.47. The van der Waals surface area contributed by atoms with Gasteiger partial charge in [-0.3, -0.25) is 4.79 Å². The van der Waals surface area contributed by atoms with Gasteiger partial charge in [0.1, 0.15) is 54.9 Å². The van der Waals surface area contributed by atoms with Crippen LogP contribution in [-0.2, 0) is 33.2 Å². The van der Waals surface area contributed by atoms with Crippen molar-refractivity contribution in [2.75, 3.05) is 33.0 Å². The predicted octanol–water partition coefficient (Wildman–Crippen LogP) is 9.08. The zero-order valence-electron chi connectivity index (χ0n) is 43.7. The summed E-state index contributed by atoms with van der Waals surface area (Å²) in [4.78, 5) is 13.1. The van der Waals surface area contributed by atoms with Crippen molar-refractivity contribution in [1.82, 2.24) is 0 Å². The molecule has 0 bridgehead atoms. The molecule has 2 saturated heterocycles. The van der Waals surface area contributed by atoms with Crippen molar-refractivity contribution >= 4 is 5.97 Å². The van der Waals surface area contributed by atoms with Gasteiger partial charge in [0.15, 0.2) is 12.6 Å². The molecule has 14 heteroatoms. The Morgan fingerprint density at radius 1 is 0.479 bits per heavy atom. The molecular formula is C57H98O14. The molecule has 0 aromatic heterocycles. The standard InChI is InChI=1S/C57H98O14/c1-3-5-7-9-11-13-15-17-19-21-22-23-24-25-26-28-30-32-34-36-38-40-49(59)69-46(43-66-41-39-37-35-33-31-29-27-20-18-16-14-12-10-8-6-4-2)44-67-56-55(65)53(63)51(61)48(71-56)45-68-57-54(64)52(62)50(60)47(42-58)70-57/h5,7,11-14,17-20,22-23,46-48,50-58,60-65H,3-4,6,8-10,15-16,21,24-45H2,1-2H3/b7-5-,13-11-,14-12-,19-17-,20-18-,23-22-. The van der Waals surface area contributed by atoms with Crippen molar-refractivity contribution in [3.05, 3.63) is 72.9 Å². The van der Waals surface area contributed by atoms with Gasteiger partial charge in [-0.2, -0.15) is 0 Å². The zero-order valence-corrected chi connectivity index (χ0v) is 43.7. The molecule has 2 aliphatic rings. The average molecular weight is 1010 g/mol. The second-order valence-corrected chi connectivity index (χ2v) is 19.0. The van der Waals surface area contributed by atoms with Crippen LogP contribution in [0.15, 0.2) is 72.9 Å². The van der Waals surface area contributed by atoms with E-state index >= 15 is 0 Å². The van der Waals surface area contributed by atoms with E-state index in [9.17, 15) is 40.5 Å². The molecule has 71 heavy (non-hydrogen) atoms. The minimum atomic E-state index is -1.71. The molecule has 0 spiro atoms. The van der Waals surface area contributed by atoms with E-state index in [0.717, 1.165) is 89.9 Å². The van der Waals surface area contributed by atoms with Gasteiger partial charge in [-0.1, -0.05) is 164 Å². The summed E-state index contributed by atoms with van der Waals surface area (Å²) >= 11 is 0. The van der Waals surface area contributed by atoms with Crippen molar-refractivity contribution in [3.63, 3.8) is 0 Å². The maximum Gasteiger partial charge on any atom is 0.306 e. The number of hydrogen-bond acceptors (Lipinski definition) is 14. The molecule has 0 aromatic rings. The van der Waals surface area contributed by atoms with Crippen LogP contribution < -0.4 is 0 Å². The van der Waals surface area contributed by atoms with Crippen molar-refractivity contribution < 1.29 is 69.0 Å². The largest absolute Gasteiger partial charge is 0.457 e. The van der Waals surface area contributed by atoms with E-state index in [2.05, 4.69) is 86.8 Å². The van der Waals surface area contributed by atoms with Crippen LogP contribution >= 0.6 is 0 Å². The van der Waals surface area contributed by atoms with E-state index in [1.54, 1.807) is 0 Å². The fraction of sp³-hybridized carbons (Fsp3) is 0.772. The van der Waals surface area contributed by atoms with E-state index in [4.69, 9.17) is 28.4 Å². The van der Waals surface area contributed by atoms with Gasteiger partial charge in [0.2, 0.25) is 0 Å². The van der Waals surface area contributed by atoms with E-state index in [-0.39, 0.29) is 19.6 Å². The van der Waals surface area contributed by atoms with Crippen LogP contribution in [0.3, 0.4) is 0 Å². The van der Waals surface area contributed by atoms with E-state index < -0.39 is 86.7 Å². The molecule has 7 N–H and O–H groups in total. The molecule has 2 rings (SSSR count). The molecule has 2 fully saturated rings. The van der Waals surface area contributed by atoms with Crippen LogP contribution in [0, 0.1) is 0 Å². The number of aliphatic hydroxyl groups excluding tert-OH is 7. The number of aliphatic hydroxyl groups is 7. The van der Waals surface area contributed by atoms with Crippen molar-refractivity contribution in [1.29, 1.82) is 0 Å². The lowest BCUT2D eigenvalue weighted by Crippen LogP contribution is -2.61. The number of rotatable bonds is 43. The first-order valence-electron chi connectivity index (χ1n) is 27.5. The van der Waals surface area contributed by atoms with Gasteiger partial charge in [-0.05, 0) is 83.5 Å². The highest BCUT2D eigenvalue weighted by atomic mass is 16.7. The van der Waals surface area contributed by atoms with E-state index in [1.807, 2.05) is 0 Å². The SMILES string of the molecule is CC/C=C\C/C=C\C/C=C\C/C=C\CCCCCCCCCCC(=O)OC(COCCCCCCCC/C=C\C/C=C\CCCCC)COC1OC(COC2OC(CO)C(O)C(O)C2O)C(O)C(O)C1O. The number of unbranched alkanes of at least 4 members (excludes halogenated alkanes) is 17. The van der Waals surface area contributed by atoms with Crippen LogP contribution in [0.4, 0.5) is 0 Å². The zero-order chi connectivity index (χ0) is 51.6. The molecule has 0 amide bonds. The molecule has 14 nitrogen and oxygen atoms in total. The molecule has 2 aliphatic heterocycles. The normalized spacial score (nSPS) is 25.9. The van der Waals surface area contributed by atoms with Crippen molar-refractivity contribution in [2.45, 2.75) is 248 Å². The maximum absolute atomic E-state index is 13.1. The third kappa shape index (κ3) is 31.0. The van der Waals surface area contributed by atoms with Gasteiger partial charge < -0.3 is 64.2 Å². The Bertz CT molecular complexity index is 1450. The Morgan fingerprint density at radius 2 is 0.915 bits per heavy atom. The van der Waals surface area contributed by atoms with Gasteiger partial charge in [0.25, 0.3) is 0 Å². The molecular weight excluding hydrogens is 909 g/mol. The summed E-state index contributed by atoms with van der Waals surface area (Å²) in [5, 5.41) is 72.2. The molecule has 410 valence electrons. The lowest BCUT2D eigenvalue weighted by atomic mass is 9.98. The molecule has 11 atom stereocenters. The number of carbonyl (C=O) groups excluding carboxylic acids is 1. The number of hydrogen-bond donors (Lipinski definition) is 7. The first kappa shape index (κ1) is 64.5. The fourth-order valence-corrected chi connectivity index (χ4v) is 8.25. The Labute approximate surface area is 427 Å². The Morgan fingerprint density at radius 3 is 1.44 bits per heavy atom. The van der Waals surface area contributed by atoms with Gasteiger partial charge in [0.05, 0.1) is 26.4 Å². The number of carbonyl (C=O) groups is 1. The first-order valence-corrected chi connectivity index (χ1v) is 27.5. The van der Waals surface area contributed by atoms with Crippen molar-refractivity contribution in [3.8, 4) is 0 Å². The molecule has 0 aliphatic carbocycles. The van der Waals surface area contributed by atoms with Crippen LogP contribution in [-0.4, -0.2) is 142 Å². The number of ether oxygens (including phenoxy) is 6. The molecule has 2 heterocycles. The minimum Gasteiger partial charge on any atom is -0.457 e. The topological polar surface area (TPSA) is 214 Å². The monoisotopic (exact) mass is 1010 g/mol. The van der Waals surface area contributed by atoms with Gasteiger partial charge in [-0.25, -0.2) is 0 Å². The van der Waals surface area contributed by atoms with Crippen LogP contribution in [0.25, 0.3) is 0 Å². The Kier molecular flexibility index (Phi) is 39.8. The molecule has 11 unspecified atom stereocenters. The third-order valence-corrected chi connectivity index (χ3v) is 12.7. The Hall–Kier alpha value is -2.57. The summed E-state index contributed by atoms with van der Waals surface area (Å²) in [6, 6.07) is 0. The summed E-state index contributed by atoms with van der Waals surface area (Å²) < 4.78 is 34.3. The number of allylic oxidation sites excluding steroid dienone is 12. The number of esters is 1. The summed E-state index contributed by atoms with van der Waals surface area (Å²) in [6.45, 7) is 3.51. The second kappa shape index (κ2) is 43.8. The summed E-state index contributed by atoms with van der Waals surface area (Å²) in [5.74, 6) is -0.391. The summed E-state index contributed by atoms with van der Waals surface area (Å²) in [7, 11) is 0. The summed E-state index contributed by atoms with van der Waals surface area (Å²) in [6.07, 6.45) is 38.1.